The zero-order chi connectivity index (χ0) is 23.3. The van der Waals surface area contributed by atoms with Crippen LogP contribution in [0.1, 0.15) is 44.1 Å². The topological polar surface area (TPSA) is 69.7 Å². The third-order valence-corrected chi connectivity index (χ3v) is 8.69. The molecule has 2 aromatic carbocycles. The van der Waals surface area contributed by atoms with Crippen molar-refractivity contribution in [1.82, 2.24) is 9.21 Å². The molecule has 0 aliphatic carbocycles. The van der Waals surface area contributed by atoms with Crippen LogP contribution in [-0.2, 0) is 21.4 Å². The molecular formula is C25H32ClN3O3S. The van der Waals surface area contributed by atoms with Gasteiger partial charge < -0.3 is 5.32 Å². The van der Waals surface area contributed by atoms with E-state index in [0.717, 1.165) is 56.6 Å². The van der Waals surface area contributed by atoms with Gasteiger partial charge in [-0.15, -0.1) is 0 Å². The Morgan fingerprint density at radius 2 is 1.58 bits per heavy atom. The van der Waals surface area contributed by atoms with Gasteiger partial charge in [-0.2, -0.15) is 4.31 Å². The maximum absolute atomic E-state index is 13.0. The summed E-state index contributed by atoms with van der Waals surface area (Å²) in [5.41, 5.74) is 1.81. The number of hydrogen-bond acceptors (Lipinski definition) is 4. The standard InChI is InChI=1S/C25H32ClN3O3S/c26-22-9-7-20(8-10-22)18-28-15-5-6-21(19-28)25(30)27-23-11-13-24(14-12-23)33(31,32)29-16-3-1-2-4-17-29/h7-14,21H,1-6,15-19H2,(H,27,30). The molecule has 2 aromatic rings. The molecule has 1 unspecified atom stereocenters. The van der Waals surface area contributed by atoms with Crippen molar-refractivity contribution in [2.45, 2.75) is 50.0 Å². The summed E-state index contributed by atoms with van der Waals surface area (Å²) in [6.45, 7) is 3.62. The molecule has 178 valence electrons. The fourth-order valence-electron chi connectivity index (χ4n) is 4.65. The summed E-state index contributed by atoms with van der Waals surface area (Å²) in [4.78, 5) is 15.5. The Balaban J connectivity index is 1.34. The van der Waals surface area contributed by atoms with E-state index in [2.05, 4.69) is 10.2 Å². The zero-order valence-corrected chi connectivity index (χ0v) is 20.5. The second kappa shape index (κ2) is 11.0. The molecule has 4 rings (SSSR count). The lowest BCUT2D eigenvalue weighted by Crippen LogP contribution is -2.40. The molecule has 0 saturated carbocycles. The molecule has 33 heavy (non-hydrogen) atoms. The van der Waals surface area contributed by atoms with Gasteiger partial charge in [-0.1, -0.05) is 36.6 Å². The Labute approximate surface area is 202 Å². The minimum absolute atomic E-state index is 0.0149. The van der Waals surface area contributed by atoms with Gasteiger partial charge in [-0.3, -0.25) is 9.69 Å². The molecule has 1 atom stereocenters. The van der Waals surface area contributed by atoms with E-state index in [1.165, 1.54) is 5.56 Å². The highest BCUT2D eigenvalue weighted by atomic mass is 35.5. The molecule has 2 aliphatic rings. The smallest absolute Gasteiger partial charge is 0.243 e. The zero-order valence-electron chi connectivity index (χ0n) is 18.9. The van der Waals surface area contributed by atoms with Gasteiger partial charge in [0, 0.05) is 36.9 Å². The van der Waals surface area contributed by atoms with Crippen LogP contribution in [0.15, 0.2) is 53.4 Å². The summed E-state index contributed by atoms with van der Waals surface area (Å²) < 4.78 is 27.5. The van der Waals surface area contributed by atoms with Crippen LogP contribution in [0.3, 0.4) is 0 Å². The van der Waals surface area contributed by atoms with Crippen LogP contribution in [0, 0.1) is 5.92 Å². The summed E-state index contributed by atoms with van der Waals surface area (Å²) >= 11 is 5.97. The fraction of sp³-hybridized carbons (Fsp3) is 0.480. The van der Waals surface area contributed by atoms with Gasteiger partial charge in [-0.05, 0) is 74.2 Å². The minimum Gasteiger partial charge on any atom is -0.326 e. The number of benzene rings is 2. The van der Waals surface area contributed by atoms with Gasteiger partial charge in [0.1, 0.15) is 0 Å². The van der Waals surface area contributed by atoms with Gasteiger partial charge in [0.25, 0.3) is 0 Å². The molecule has 2 aliphatic heterocycles. The lowest BCUT2D eigenvalue weighted by Gasteiger charge is -2.32. The highest BCUT2D eigenvalue weighted by Gasteiger charge is 2.27. The first kappa shape index (κ1) is 24.2. The maximum atomic E-state index is 13.0. The molecule has 0 aromatic heterocycles. The van der Waals surface area contributed by atoms with Gasteiger partial charge in [-0.25, -0.2) is 8.42 Å². The second-order valence-corrected chi connectivity index (χ2v) is 11.4. The van der Waals surface area contributed by atoms with E-state index in [9.17, 15) is 13.2 Å². The summed E-state index contributed by atoms with van der Waals surface area (Å²) in [7, 11) is -3.49. The van der Waals surface area contributed by atoms with E-state index in [4.69, 9.17) is 11.6 Å². The molecule has 1 N–H and O–H groups in total. The van der Waals surface area contributed by atoms with Crippen LogP contribution in [-0.4, -0.2) is 49.7 Å². The Kier molecular flexibility index (Phi) is 8.07. The van der Waals surface area contributed by atoms with Gasteiger partial charge in [0.05, 0.1) is 10.8 Å². The lowest BCUT2D eigenvalue weighted by molar-refractivity contribution is -0.121. The Hall–Kier alpha value is -1.93. The number of carbonyl (C=O) groups is 1. The van der Waals surface area contributed by atoms with Gasteiger partial charge in [0.15, 0.2) is 0 Å². The summed E-state index contributed by atoms with van der Waals surface area (Å²) in [6, 6.07) is 14.4. The first-order valence-electron chi connectivity index (χ1n) is 11.8. The molecular weight excluding hydrogens is 458 g/mol. The average molecular weight is 490 g/mol. The third-order valence-electron chi connectivity index (χ3n) is 6.52. The van der Waals surface area contributed by atoms with E-state index in [-0.39, 0.29) is 16.7 Å². The molecule has 0 spiro atoms. The van der Waals surface area contributed by atoms with E-state index >= 15 is 0 Å². The normalized spacial score (nSPS) is 20.8. The van der Waals surface area contributed by atoms with E-state index in [0.29, 0.717) is 25.3 Å². The van der Waals surface area contributed by atoms with Crippen LogP contribution in [0.25, 0.3) is 0 Å². The van der Waals surface area contributed by atoms with Crippen LogP contribution >= 0.6 is 11.6 Å². The molecule has 2 saturated heterocycles. The number of hydrogen-bond donors (Lipinski definition) is 1. The Morgan fingerprint density at radius 3 is 2.24 bits per heavy atom. The third kappa shape index (κ3) is 6.35. The first-order valence-corrected chi connectivity index (χ1v) is 13.6. The van der Waals surface area contributed by atoms with Gasteiger partial charge >= 0.3 is 0 Å². The quantitative estimate of drug-likeness (QED) is 0.635. The van der Waals surface area contributed by atoms with Crippen molar-refractivity contribution in [2.24, 2.45) is 5.92 Å². The lowest BCUT2D eigenvalue weighted by atomic mass is 9.96. The summed E-state index contributed by atoms with van der Waals surface area (Å²) in [5.74, 6) is -0.106. The monoisotopic (exact) mass is 489 g/mol. The van der Waals surface area contributed by atoms with Crippen LogP contribution in [0.2, 0.25) is 5.02 Å². The number of nitrogens with one attached hydrogen (secondary N) is 1. The van der Waals surface area contributed by atoms with Crippen molar-refractivity contribution < 1.29 is 13.2 Å². The van der Waals surface area contributed by atoms with Crippen LogP contribution in [0.5, 0.6) is 0 Å². The second-order valence-electron chi connectivity index (χ2n) is 9.03. The van der Waals surface area contributed by atoms with Crippen molar-refractivity contribution >= 4 is 33.2 Å². The van der Waals surface area contributed by atoms with Crippen molar-refractivity contribution in [3.63, 3.8) is 0 Å². The van der Waals surface area contributed by atoms with Crippen molar-refractivity contribution in [1.29, 1.82) is 0 Å². The SMILES string of the molecule is O=C(Nc1ccc(S(=O)(=O)N2CCCCCC2)cc1)C1CCCN(Cc2ccc(Cl)cc2)C1. The summed E-state index contributed by atoms with van der Waals surface area (Å²) in [6.07, 6.45) is 5.79. The van der Waals surface area contributed by atoms with Gasteiger partial charge in [0.2, 0.25) is 15.9 Å². The van der Waals surface area contributed by atoms with Crippen molar-refractivity contribution in [3.8, 4) is 0 Å². The molecule has 1 amide bonds. The molecule has 2 heterocycles. The Morgan fingerprint density at radius 1 is 0.909 bits per heavy atom. The number of rotatable bonds is 6. The summed E-state index contributed by atoms with van der Waals surface area (Å²) in [5, 5.41) is 3.70. The van der Waals surface area contributed by atoms with Crippen molar-refractivity contribution in [2.75, 3.05) is 31.5 Å². The highest BCUT2D eigenvalue weighted by molar-refractivity contribution is 7.89. The number of piperidine rings is 1. The van der Waals surface area contributed by atoms with E-state index in [1.807, 2.05) is 24.3 Å². The number of nitrogens with zero attached hydrogens (tertiary/aromatic N) is 2. The fourth-order valence-corrected chi connectivity index (χ4v) is 6.29. The molecule has 0 bridgehead atoms. The number of amides is 1. The maximum Gasteiger partial charge on any atom is 0.243 e. The largest absolute Gasteiger partial charge is 0.326 e. The molecule has 8 heteroatoms. The number of sulfonamides is 1. The van der Waals surface area contributed by atoms with Crippen molar-refractivity contribution in [3.05, 3.63) is 59.1 Å². The number of halogens is 1. The van der Waals surface area contributed by atoms with Crippen LogP contribution in [0.4, 0.5) is 5.69 Å². The first-order chi connectivity index (χ1) is 15.9. The number of anilines is 1. The number of likely N-dealkylation sites (tertiary alicyclic amines) is 1. The molecule has 2 fully saturated rings. The average Bonchev–Trinajstić information content (AvgIpc) is 3.11. The van der Waals surface area contributed by atoms with Crippen LogP contribution < -0.4 is 5.32 Å². The highest BCUT2D eigenvalue weighted by Crippen LogP contribution is 2.24. The Bertz CT molecular complexity index is 1030. The van der Waals surface area contributed by atoms with E-state index in [1.54, 1.807) is 28.6 Å². The van der Waals surface area contributed by atoms with E-state index < -0.39 is 10.0 Å². The molecule has 6 nitrogen and oxygen atoms in total. The molecule has 0 radical (unpaired) electrons. The number of carbonyl (C=O) groups excluding carboxylic acids is 1. The predicted octanol–water partition coefficient (Wildman–Crippen LogP) is 4.76. The minimum atomic E-state index is -3.49. The predicted molar refractivity (Wildman–Crippen MR) is 132 cm³/mol.